The Morgan fingerprint density at radius 3 is 2.58 bits per heavy atom. The van der Waals surface area contributed by atoms with Gasteiger partial charge < -0.3 is 4.74 Å². The second kappa shape index (κ2) is 6.87. The number of hydrogen-bond donors (Lipinski definition) is 0. The monoisotopic (exact) mass is 353 g/mol. The van der Waals surface area contributed by atoms with Crippen LogP contribution in [0.4, 0.5) is 0 Å². The van der Waals surface area contributed by atoms with Crippen LogP contribution in [0.2, 0.25) is 0 Å². The molecule has 6 heteroatoms. The van der Waals surface area contributed by atoms with Crippen molar-refractivity contribution in [3.05, 3.63) is 0 Å². The van der Waals surface area contributed by atoms with Crippen LogP contribution < -0.4 is 0 Å². The average Bonchev–Trinajstić information content (AvgIpc) is 2.39. The third-order valence-electron chi connectivity index (χ3n) is 4.15. The lowest BCUT2D eigenvalue weighted by molar-refractivity contribution is -0.0140. The van der Waals surface area contributed by atoms with Gasteiger partial charge in [-0.3, -0.25) is 0 Å². The number of nitrogens with zero attached hydrogens (tertiary/aromatic N) is 1. The van der Waals surface area contributed by atoms with Gasteiger partial charge in [-0.15, -0.1) is 0 Å². The molecule has 0 spiro atoms. The summed E-state index contributed by atoms with van der Waals surface area (Å²) in [7, 11) is -3.14. The van der Waals surface area contributed by atoms with E-state index in [1.165, 1.54) is 19.3 Å². The summed E-state index contributed by atoms with van der Waals surface area (Å²) in [4.78, 5) is 0. The fourth-order valence-electron chi connectivity index (χ4n) is 3.02. The molecule has 0 aromatic heterocycles. The third-order valence-corrected chi connectivity index (χ3v) is 6.99. The molecule has 2 unspecified atom stereocenters. The van der Waals surface area contributed by atoms with Crippen molar-refractivity contribution in [1.82, 2.24) is 4.31 Å². The zero-order valence-corrected chi connectivity index (χ0v) is 14.0. The number of morpholine rings is 1. The summed E-state index contributed by atoms with van der Waals surface area (Å²) >= 11 is 3.38. The molecule has 0 amide bonds. The fraction of sp³-hybridized carbons (Fsp3) is 1.00. The summed E-state index contributed by atoms with van der Waals surface area (Å²) in [6, 6.07) is -0.0381. The lowest BCUT2D eigenvalue weighted by atomic mass is 9.91. The van der Waals surface area contributed by atoms with Crippen molar-refractivity contribution in [1.29, 1.82) is 0 Å². The zero-order chi connectivity index (χ0) is 13.9. The van der Waals surface area contributed by atoms with E-state index in [0.717, 1.165) is 12.8 Å². The van der Waals surface area contributed by atoms with Crippen molar-refractivity contribution in [2.24, 2.45) is 5.92 Å². The molecule has 2 aliphatic rings. The molecule has 2 fully saturated rings. The van der Waals surface area contributed by atoms with Crippen molar-refractivity contribution in [3.63, 3.8) is 0 Å². The Bertz CT molecular complexity index is 381. The van der Waals surface area contributed by atoms with E-state index >= 15 is 0 Å². The van der Waals surface area contributed by atoms with E-state index < -0.39 is 10.0 Å². The van der Waals surface area contributed by atoms with Crippen molar-refractivity contribution >= 4 is 26.0 Å². The van der Waals surface area contributed by atoms with E-state index in [4.69, 9.17) is 4.74 Å². The van der Waals surface area contributed by atoms with Crippen LogP contribution in [0.3, 0.4) is 0 Å². The highest BCUT2D eigenvalue weighted by atomic mass is 79.9. The molecule has 4 nitrogen and oxygen atoms in total. The highest BCUT2D eigenvalue weighted by Gasteiger charge is 2.35. The van der Waals surface area contributed by atoms with Crippen LogP contribution in [-0.4, -0.2) is 49.1 Å². The predicted octanol–water partition coefficient (Wildman–Crippen LogP) is 2.38. The van der Waals surface area contributed by atoms with Gasteiger partial charge >= 0.3 is 0 Å². The molecule has 0 radical (unpaired) electrons. The summed E-state index contributed by atoms with van der Waals surface area (Å²) in [6.07, 6.45) is 5.75. The molecule has 0 N–H and O–H groups in total. The van der Waals surface area contributed by atoms with Gasteiger partial charge in [0, 0.05) is 17.9 Å². The van der Waals surface area contributed by atoms with E-state index in [1.807, 2.05) is 6.92 Å². The van der Waals surface area contributed by atoms with Crippen molar-refractivity contribution < 1.29 is 13.2 Å². The molecule has 19 heavy (non-hydrogen) atoms. The first kappa shape index (κ1) is 15.7. The second-order valence-electron chi connectivity index (χ2n) is 5.81. The van der Waals surface area contributed by atoms with Gasteiger partial charge in [-0.2, -0.15) is 4.31 Å². The first-order valence-corrected chi connectivity index (χ1v) is 9.93. The van der Waals surface area contributed by atoms with Gasteiger partial charge in [0.15, 0.2) is 0 Å². The molecule has 0 aromatic rings. The largest absolute Gasteiger partial charge is 0.374 e. The Morgan fingerprint density at radius 2 is 1.95 bits per heavy atom. The van der Waals surface area contributed by atoms with E-state index in [1.54, 1.807) is 4.31 Å². The number of ether oxygens (including phenoxy) is 1. The third kappa shape index (κ3) is 4.16. The van der Waals surface area contributed by atoms with Crippen molar-refractivity contribution in [2.45, 2.75) is 51.2 Å². The van der Waals surface area contributed by atoms with Crippen LogP contribution in [0.25, 0.3) is 0 Å². The van der Waals surface area contributed by atoms with Crippen molar-refractivity contribution in [2.75, 3.05) is 24.2 Å². The molecular weight excluding hydrogens is 330 g/mol. The minimum atomic E-state index is -3.14. The van der Waals surface area contributed by atoms with Crippen LogP contribution in [0, 0.1) is 5.92 Å². The lowest BCUT2D eigenvalue weighted by Crippen LogP contribution is -2.52. The number of halogens is 1. The van der Waals surface area contributed by atoms with Gasteiger partial charge in [-0.05, 0) is 25.7 Å². The highest BCUT2D eigenvalue weighted by molar-refractivity contribution is 9.09. The average molecular weight is 354 g/mol. The van der Waals surface area contributed by atoms with E-state index in [-0.39, 0.29) is 12.1 Å². The van der Waals surface area contributed by atoms with Gasteiger partial charge in [0.2, 0.25) is 10.0 Å². The Balaban J connectivity index is 2.00. The number of sulfonamides is 1. The maximum atomic E-state index is 12.6. The minimum Gasteiger partial charge on any atom is -0.374 e. The summed E-state index contributed by atoms with van der Waals surface area (Å²) in [5.41, 5.74) is 0. The first-order valence-electron chi connectivity index (χ1n) is 7.20. The molecule has 1 saturated heterocycles. The highest BCUT2D eigenvalue weighted by Crippen LogP contribution is 2.27. The van der Waals surface area contributed by atoms with Crippen LogP contribution in [-0.2, 0) is 14.8 Å². The molecule has 1 aliphatic carbocycles. The molecule has 0 aromatic carbocycles. The quantitative estimate of drug-likeness (QED) is 0.729. The summed E-state index contributed by atoms with van der Waals surface area (Å²) in [6.45, 7) is 2.92. The van der Waals surface area contributed by atoms with Crippen LogP contribution >= 0.6 is 15.9 Å². The smallest absolute Gasteiger partial charge is 0.214 e. The number of hydrogen-bond acceptors (Lipinski definition) is 3. The fourth-order valence-corrected chi connectivity index (χ4v) is 5.54. The van der Waals surface area contributed by atoms with Crippen LogP contribution in [0.1, 0.15) is 39.0 Å². The Kier molecular flexibility index (Phi) is 5.69. The van der Waals surface area contributed by atoms with E-state index in [0.29, 0.717) is 30.2 Å². The van der Waals surface area contributed by atoms with Gasteiger partial charge in [-0.1, -0.05) is 35.2 Å². The van der Waals surface area contributed by atoms with Gasteiger partial charge in [0.1, 0.15) is 0 Å². The molecule has 112 valence electrons. The van der Waals surface area contributed by atoms with Crippen molar-refractivity contribution in [3.8, 4) is 0 Å². The topological polar surface area (TPSA) is 46.6 Å². The molecule has 1 aliphatic heterocycles. The summed E-state index contributed by atoms with van der Waals surface area (Å²) in [5.74, 6) is 0.683. The van der Waals surface area contributed by atoms with Gasteiger partial charge in [-0.25, -0.2) is 8.42 Å². The minimum absolute atomic E-state index is 0.0164. The number of alkyl halides is 1. The Hall–Kier alpha value is 0.350. The molecule has 1 saturated carbocycles. The molecular formula is C13H24BrNO3S. The maximum Gasteiger partial charge on any atom is 0.214 e. The van der Waals surface area contributed by atoms with Gasteiger partial charge in [0.25, 0.3) is 0 Å². The Labute approximate surface area is 125 Å². The second-order valence-corrected chi connectivity index (χ2v) is 8.42. The van der Waals surface area contributed by atoms with E-state index in [2.05, 4.69) is 15.9 Å². The summed E-state index contributed by atoms with van der Waals surface area (Å²) in [5, 5.41) is 0.690. The molecule has 0 bridgehead atoms. The SMILES string of the molecule is CC1COC(CBr)CN1S(=O)(=O)CC1CCCCC1. The normalized spacial score (nSPS) is 31.5. The molecule has 1 heterocycles. The standard InChI is InChI=1S/C13H24BrNO3S/c1-11-9-18-13(7-14)8-15(11)19(16,17)10-12-5-3-2-4-6-12/h11-13H,2-10H2,1H3. The van der Waals surface area contributed by atoms with Gasteiger partial charge in [0.05, 0.1) is 18.5 Å². The first-order chi connectivity index (χ1) is 9.03. The zero-order valence-electron chi connectivity index (χ0n) is 11.6. The Morgan fingerprint density at radius 1 is 1.26 bits per heavy atom. The lowest BCUT2D eigenvalue weighted by Gasteiger charge is -2.37. The molecule has 2 atom stereocenters. The van der Waals surface area contributed by atoms with E-state index in [9.17, 15) is 8.42 Å². The summed E-state index contributed by atoms with van der Waals surface area (Å²) < 4.78 is 32.4. The number of rotatable bonds is 4. The maximum absolute atomic E-state index is 12.6. The molecule has 2 rings (SSSR count). The van der Waals surface area contributed by atoms with Crippen LogP contribution in [0.5, 0.6) is 0 Å². The predicted molar refractivity (Wildman–Crippen MR) is 80.1 cm³/mol. The van der Waals surface area contributed by atoms with Crippen LogP contribution in [0.15, 0.2) is 0 Å².